The molecule has 0 spiro atoms. The van der Waals surface area contributed by atoms with Crippen LogP contribution in [0.15, 0.2) is 67.3 Å². The molecule has 0 saturated carbocycles. The van der Waals surface area contributed by atoms with E-state index in [1.54, 1.807) is 0 Å². The van der Waals surface area contributed by atoms with Gasteiger partial charge in [-0.25, -0.2) is 0 Å². The van der Waals surface area contributed by atoms with Crippen LogP contribution in [0.5, 0.6) is 0 Å². The maximum absolute atomic E-state index is 9.23. The summed E-state index contributed by atoms with van der Waals surface area (Å²) in [5.41, 5.74) is 4.99. The Bertz CT molecular complexity index is 618. The van der Waals surface area contributed by atoms with E-state index in [0.29, 0.717) is 0 Å². The zero-order valence-corrected chi connectivity index (χ0v) is 13.9. The molecule has 2 aromatic carbocycles. The van der Waals surface area contributed by atoms with Crippen LogP contribution in [0.4, 0.5) is 0 Å². The van der Waals surface area contributed by atoms with Crippen molar-refractivity contribution in [1.82, 2.24) is 0 Å². The Morgan fingerprint density at radius 2 is 1.61 bits per heavy atom. The zero-order valence-electron chi connectivity index (χ0n) is 13.9. The topological polar surface area (TPSA) is 20.2 Å². The number of allylic oxidation sites excluding steroid dienone is 2. The fourth-order valence-corrected chi connectivity index (χ4v) is 2.54. The van der Waals surface area contributed by atoms with E-state index in [1.165, 1.54) is 22.3 Å². The predicted molar refractivity (Wildman–Crippen MR) is 100 cm³/mol. The molecule has 1 N–H and O–H groups in total. The molecule has 2 aromatic rings. The van der Waals surface area contributed by atoms with E-state index in [0.717, 1.165) is 25.7 Å². The molecule has 1 atom stereocenters. The molecule has 120 valence electrons. The molecule has 1 nitrogen and oxygen atoms in total. The van der Waals surface area contributed by atoms with Gasteiger partial charge in [0.2, 0.25) is 0 Å². The molecule has 2 rings (SSSR count). The number of rotatable bonds is 8. The van der Waals surface area contributed by atoms with Crippen LogP contribution >= 0.6 is 0 Å². The standard InChI is InChI=1S/C22H26O/c1-3-7-19-10-14-21(15-11-19)22-16-12-20(13-17-22)9-6-4-5-8-18(2)23/h3,6,9-18,23H,1,4-5,7-8H2,2H3/b9-6+. The first-order valence-electron chi connectivity index (χ1n) is 8.34. The molecular weight excluding hydrogens is 280 g/mol. The summed E-state index contributed by atoms with van der Waals surface area (Å²) in [4.78, 5) is 0. The van der Waals surface area contributed by atoms with Crippen molar-refractivity contribution in [1.29, 1.82) is 0 Å². The lowest BCUT2D eigenvalue weighted by molar-refractivity contribution is 0.182. The van der Waals surface area contributed by atoms with Gasteiger partial charge in [0.05, 0.1) is 6.10 Å². The van der Waals surface area contributed by atoms with Gasteiger partial charge in [0.15, 0.2) is 0 Å². The van der Waals surface area contributed by atoms with Crippen LogP contribution in [0, 0.1) is 0 Å². The molecule has 0 aliphatic heterocycles. The normalized spacial score (nSPS) is 12.4. The van der Waals surface area contributed by atoms with Gasteiger partial charge in [-0.1, -0.05) is 66.8 Å². The fraction of sp³-hybridized carbons (Fsp3) is 0.273. The number of benzene rings is 2. The number of unbranched alkanes of at least 4 members (excludes halogenated alkanes) is 1. The predicted octanol–water partition coefficient (Wildman–Crippen LogP) is 5.65. The number of hydrogen-bond acceptors (Lipinski definition) is 1. The van der Waals surface area contributed by atoms with Crippen LogP contribution < -0.4 is 0 Å². The molecule has 23 heavy (non-hydrogen) atoms. The Morgan fingerprint density at radius 3 is 2.17 bits per heavy atom. The average Bonchev–Trinajstić information content (AvgIpc) is 2.56. The molecule has 0 bridgehead atoms. The highest BCUT2D eigenvalue weighted by Gasteiger charge is 1.98. The molecule has 0 aliphatic carbocycles. The van der Waals surface area contributed by atoms with Crippen molar-refractivity contribution in [2.24, 2.45) is 0 Å². The first-order chi connectivity index (χ1) is 11.2. The van der Waals surface area contributed by atoms with Crippen LogP contribution in [0.25, 0.3) is 17.2 Å². The first kappa shape index (κ1) is 17.2. The quantitative estimate of drug-likeness (QED) is 0.494. The summed E-state index contributed by atoms with van der Waals surface area (Å²) in [6, 6.07) is 17.3. The van der Waals surface area contributed by atoms with Gasteiger partial charge in [-0.05, 0) is 54.9 Å². The van der Waals surface area contributed by atoms with Crippen molar-refractivity contribution in [3.05, 3.63) is 78.4 Å². The molecular formula is C22H26O. The molecule has 0 aliphatic rings. The van der Waals surface area contributed by atoms with Crippen LogP contribution in [-0.4, -0.2) is 11.2 Å². The molecule has 0 heterocycles. The third-order valence-corrected chi connectivity index (χ3v) is 3.88. The third kappa shape index (κ3) is 5.88. The minimum Gasteiger partial charge on any atom is -0.393 e. The lowest BCUT2D eigenvalue weighted by Crippen LogP contribution is -1.97. The van der Waals surface area contributed by atoms with Gasteiger partial charge in [-0.3, -0.25) is 0 Å². The zero-order chi connectivity index (χ0) is 16.5. The monoisotopic (exact) mass is 306 g/mol. The molecule has 0 fully saturated rings. The first-order valence-corrected chi connectivity index (χ1v) is 8.34. The van der Waals surface area contributed by atoms with Gasteiger partial charge >= 0.3 is 0 Å². The molecule has 0 amide bonds. The van der Waals surface area contributed by atoms with E-state index >= 15 is 0 Å². The van der Waals surface area contributed by atoms with Gasteiger partial charge < -0.3 is 5.11 Å². The highest BCUT2D eigenvalue weighted by Crippen LogP contribution is 2.21. The summed E-state index contributed by atoms with van der Waals surface area (Å²) in [5, 5.41) is 9.23. The Balaban J connectivity index is 1.93. The van der Waals surface area contributed by atoms with Crippen molar-refractivity contribution in [2.45, 2.75) is 38.7 Å². The number of aliphatic hydroxyl groups is 1. The van der Waals surface area contributed by atoms with Crippen molar-refractivity contribution in [2.75, 3.05) is 0 Å². The highest BCUT2D eigenvalue weighted by molar-refractivity contribution is 5.66. The average molecular weight is 306 g/mol. The largest absolute Gasteiger partial charge is 0.393 e. The van der Waals surface area contributed by atoms with E-state index in [2.05, 4.69) is 67.3 Å². The Kier molecular flexibility index (Phi) is 6.83. The van der Waals surface area contributed by atoms with Crippen molar-refractivity contribution in [3.63, 3.8) is 0 Å². The lowest BCUT2D eigenvalue weighted by atomic mass is 10.0. The van der Waals surface area contributed by atoms with Gasteiger partial charge in [0.1, 0.15) is 0 Å². The summed E-state index contributed by atoms with van der Waals surface area (Å²) in [7, 11) is 0. The molecule has 0 aromatic heterocycles. The smallest absolute Gasteiger partial charge is 0.0512 e. The maximum Gasteiger partial charge on any atom is 0.0512 e. The Hall–Kier alpha value is -2.12. The molecule has 0 radical (unpaired) electrons. The molecule has 1 unspecified atom stereocenters. The molecule has 1 heteroatoms. The fourth-order valence-electron chi connectivity index (χ4n) is 2.54. The van der Waals surface area contributed by atoms with Crippen molar-refractivity contribution in [3.8, 4) is 11.1 Å². The SMILES string of the molecule is C=CCc1ccc(-c2ccc(/C=C/CCCC(C)O)cc2)cc1. The summed E-state index contributed by atoms with van der Waals surface area (Å²) in [5.74, 6) is 0. The van der Waals surface area contributed by atoms with E-state index < -0.39 is 0 Å². The van der Waals surface area contributed by atoms with Crippen LogP contribution in [0.1, 0.15) is 37.3 Å². The number of aliphatic hydroxyl groups excluding tert-OH is 1. The highest BCUT2D eigenvalue weighted by atomic mass is 16.3. The van der Waals surface area contributed by atoms with Gasteiger partial charge in [-0.15, -0.1) is 6.58 Å². The maximum atomic E-state index is 9.23. The van der Waals surface area contributed by atoms with E-state index in [-0.39, 0.29) is 6.10 Å². The van der Waals surface area contributed by atoms with Gasteiger partial charge in [0.25, 0.3) is 0 Å². The lowest BCUT2D eigenvalue weighted by Gasteiger charge is -2.04. The second-order valence-corrected chi connectivity index (χ2v) is 5.99. The molecule has 0 saturated heterocycles. The van der Waals surface area contributed by atoms with Gasteiger partial charge in [-0.2, -0.15) is 0 Å². The van der Waals surface area contributed by atoms with E-state index in [4.69, 9.17) is 0 Å². The van der Waals surface area contributed by atoms with Crippen molar-refractivity contribution >= 4 is 6.08 Å². The van der Waals surface area contributed by atoms with Crippen LogP contribution in [0.3, 0.4) is 0 Å². The summed E-state index contributed by atoms with van der Waals surface area (Å²) >= 11 is 0. The minimum atomic E-state index is -0.194. The second kappa shape index (κ2) is 9.12. The van der Waals surface area contributed by atoms with E-state index in [9.17, 15) is 5.11 Å². The Labute approximate surface area is 140 Å². The third-order valence-electron chi connectivity index (χ3n) is 3.88. The van der Waals surface area contributed by atoms with Gasteiger partial charge in [0, 0.05) is 0 Å². The Morgan fingerprint density at radius 1 is 1.00 bits per heavy atom. The van der Waals surface area contributed by atoms with Crippen molar-refractivity contribution < 1.29 is 5.11 Å². The number of hydrogen-bond donors (Lipinski definition) is 1. The van der Waals surface area contributed by atoms with Crippen LogP contribution in [-0.2, 0) is 6.42 Å². The summed E-state index contributed by atoms with van der Waals surface area (Å²) in [6.07, 6.45) is 9.89. The minimum absolute atomic E-state index is 0.194. The van der Waals surface area contributed by atoms with E-state index in [1.807, 2.05) is 13.0 Å². The summed E-state index contributed by atoms with van der Waals surface area (Å²) in [6.45, 7) is 5.61. The second-order valence-electron chi connectivity index (χ2n) is 5.99. The van der Waals surface area contributed by atoms with Crippen LogP contribution in [0.2, 0.25) is 0 Å². The summed E-state index contributed by atoms with van der Waals surface area (Å²) < 4.78 is 0.